The van der Waals surface area contributed by atoms with Gasteiger partial charge >= 0.3 is 11.9 Å². The van der Waals surface area contributed by atoms with E-state index in [1.165, 1.54) is 17.7 Å². The van der Waals surface area contributed by atoms with Gasteiger partial charge in [0.2, 0.25) is 0 Å². The maximum atomic E-state index is 13.9. The van der Waals surface area contributed by atoms with Crippen molar-refractivity contribution in [3.8, 4) is 5.75 Å². The van der Waals surface area contributed by atoms with Crippen molar-refractivity contribution in [1.82, 2.24) is 24.9 Å². The third-order valence-corrected chi connectivity index (χ3v) is 10.4. The lowest BCUT2D eigenvalue weighted by Crippen LogP contribution is -2.47. The summed E-state index contributed by atoms with van der Waals surface area (Å²) < 4.78 is 35.1. The Morgan fingerprint density at radius 1 is 0.842 bits per heavy atom. The van der Waals surface area contributed by atoms with Crippen LogP contribution in [0.25, 0.3) is 5.78 Å². The van der Waals surface area contributed by atoms with Gasteiger partial charge in [-0.25, -0.2) is 13.8 Å². The van der Waals surface area contributed by atoms with Crippen LogP contribution < -0.4 is 15.8 Å². The lowest BCUT2D eigenvalue weighted by molar-refractivity contribution is -0.138. The fourth-order valence-corrected chi connectivity index (χ4v) is 7.53. The summed E-state index contributed by atoms with van der Waals surface area (Å²) in [6.07, 6.45) is 1.04. The number of benzene rings is 4. The molecule has 0 aliphatic heterocycles. The van der Waals surface area contributed by atoms with E-state index >= 15 is 0 Å². The number of rotatable bonds is 17. The molecule has 11 nitrogen and oxygen atoms in total. The lowest BCUT2D eigenvalue weighted by atomic mass is 9.90. The highest BCUT2D eigenvalue weighted by Crippen LogP contribution is 2.31. The normalized spacial score (nSPS) is 12.7. The number of nitrogens with zero attached hydrogens (tertiary/aromatic N) is 4. The zero-order valence-electron chi connectivity index (χ0n) is 31.9. The Morgan fingerprint density at radius 3 is 2.19 bits per heavy atom. The molecule has 6 aromatic rings. The van der Waals surface area contributed by atoms with Gasteiger partial charge in [0.05, 0.1) is 6.42 Å². The highest BCUT2D eigenvalue weighted by atomic mass is 32.2. The van der Waals surface area contributed by atoms with Gasteiger partial charge < -0.3 is 26.0 Å². The second kappa shape index (κ2) is 20.5. The Kier molecular flexibility index (Phi) is 15.2. The number of aromatic nitrogens is 4. The van der Waals surface area contributed by atoms with Crippen molar-refractivity contribution in [2.75, 3.05) is 6.54 Å². The summed E-state index contributed by atoms with van der Waals surface area (Å²) in [4.78, 5) is 27.5. The summed E-state index contributed by atoms with van der Waals surface area (Å²) in [5.41, 5.74) is 12.7. The molecule has 0 bridgehead atoms. The number of halogens is 2. The molecule has 3 atom stereocenters. The summed E-state index contributed by atoms with van der Waals surface area (Å²) in [5, 5.41) is 30.0. The molecule has 2 aromatic heterocycles. The molecule has 0 aliphatic carbocycles. The summed E-state index contributed by atoms with van der Waals surface area (Å²) in [6, 6.07) is 29.5. The molecule has 5 N–H and O–H groups in total. The molecular weight excluding hydrogens is 751 g/mol. The van der Waals surface area contributed by atoms with E-state index < -0.39 is 40.8 Å². The van der Waals surface area contributed by atoms with Crippen molar-refractivity contribution in [2.45, 2.75) is 69.6 Å². The Labute approximate surface area is 334 Å². The van der Waals surface area contributed by atoms with Crippen LogP contribution in [0.5, 0.6) is 5.75 Å². The first-order valence-electron chi connectivity index (χ1n) is 18.4. The molecule has 1 unspecified atom stereocenters. The molecule has 4 aromatic carbocycles. The van der Waals surface area contributed by atoms with Crippen LogP contribution in [-0.4, -0.2) is 59.6 Å². The van der Waals surface area contributed by atoms with E-state index in [1.807, 2.05) is 62.4 Å². The molecule has 0 fully saturated rings. The maximum Gasteiger partial charge on any atom is 0.317 e. The summed E-state index contributed by atoms with van der Waals surface area (Å²) in [6.45, 7) is 7.09. The summed E-state index contributed by atoms with van der Waals surface area (Å²) in [7, 11) is 0. The molecule has 2 heterocycles. The van der Waals surface area contributed by atoms with Crippen molar-refractivity contribution < 1.29 is 33.3 Å². The number of carbonyl (C=O) groups is 2. The Bertz CT molecular complexity index is 2240. The minimum absolute atomic E-state index is 0.0406. The van der Waals surface area contributed by atoms with E-state index in [0.717, 1.165) is 58.1 Å². The van der Waals surface area contributed by atoms with E-state index in [-0.39, 0.29) is 19.4 Å². The van der Waals surface area contributed by atoms with E-state index in [1.54, 1.807) is 28.7 Å². The van der Waals surface area contributed by atoms with Gasteiger partial charge in [-0.1, -0.05) is 85.4 Å². The predicted molar refractivity (Wildman–Crippen MR) is 215 cm³/mol. The minimum Gasteiger partial charge on any atom is -0.489 e. The van der Waals surface area contributed by atoms with Crippen molar-refractivity contribution in [1.29, 1.82) is 0 Å². The second-order valence-electron chi connectivity index (χ2n) is 13.6. The molecule has 298 valence electrons. The molecule has 0 radical (unpaired) electrons. The van der Waals surface area contributed by atoms with E-state index in [0.29, 0.717) is 29.6 Å². The van der Waals surface area contributed by atoms with Gasteiger partial charge in [0.25, 0.3) is 5.78 Å². The van der Waals surface area contributed by atoms with Crippen molar-refractivity contribution >= 4 is 29.5 Å². The first-order chi connectivity index (χ1) is 27.4. The van der Waals surface area contributed by atoms with Crippen molar-refractivity contribution in [2.24, 2.45) is 11.7 Å². The Hall–Kier alpha value is -5.70. The van der Waals surface area contributed by atoms with Crippen LogP contribution in [0.2, 0.25) is 0 Å². The molecule has 0 amide bonds. The molecular formula is C43H46F2N6O5S. The van der Waals surface area contributed by atoms with E-state index in [9.17, 15) is 23.5 Å². The minimum atomic E-state index is -1.07. The van der Waals surface area contributed by atoms with Crippen LogP contribution >= 0.6 is 11.8 Å². The van der Waals surface area contributed by atoms with Gasteiger partial charge in [0.15, 0.2) is 5.16 Å². The van der Waals surface area contributed by atoms with Gasteiger partial charge in [-0.15, -0.1) is 10.2 Å². The molecule has 0 saturated carbocycles. The third kappa shape index (κ3) is 12.7. The molecule has 0 spiro atoms. The summed E-state index contributed by atoms with van der Waals surface area (Å²) in [5.74, 6) is -2.82. The number of carboxylic acids is 2. The van der Waals surface area contributed by atoms with Crippen molar-refractivity contribution in [3.63, 3.8) is 0 Å². The third-order valence-electron chi connectivity index (χ3n) is 9.11. The number of hydrogen-bond acceptors (Lipinski definition) is 9. The van der Waals surface area contributed by atoms with Crippen LogP contribution in [0.3, 0.4) is 0 Å². The topological polar surface area (TPSA) is 165 Å². The maximum absolute atomic E-state index is 13.9. The number of nitrogens with two attached hydrogens (primary N) is 1. The van der Waals surface area contributed by atoms with Gasteiger partial charge in [-0.05, 0) is 84.8 Å². The van der Waals surface area contributed by atoms with Gasteiger partial charge in [0.1, 0.15) is 29.2 Å². The largest absolute Gasteiger partial charge is 0.489 e. The fraction of sp³-hybridized carbons (Fsp3) is 0.279. The molecule has 6 rings (SSSR count). The Balaban J connectivity index is 0.000000287. The smallest absolute Gasteiger partial charge is 0.317 e. The Morgan fingerprint density at radius 2 is 1.53 bits per heavy atom. The highest BCUT2D eigenvalue weighted by Gasteiger charge is 2.35. The predicted octanol–water partition coefficient (Wildman–Crippen LogP) is 7.00. The molecule has 0 aliphatic rings. The average Bonchev–Trinajstić information content (AvgIpc) is 3.58. The first kappa shape index (κ1) is 42.4. The van der Waals surface area contributed by atoms with E-state index in [2.05, 4.69) is 39.6 Å². The number of ether oxygens (including phenoxy) is 1. The van der Waals surface area contributed by atoms with Gasteiger partial charge in [-0.3, -0.25) is 14.0 Å². The molecule has 0 saturated heterocycles. The number of aryl methyl sites for hydroxylation is 3. The van der Waals surface area contributed by atoms with Crippen LogP contribution in [0.1, 0.15) is 46.1 Å². The van der Waals surface area contributed by atoms with Gasteiger partial charge in [0, 0.05) is 42.5 Å². The number of thioether (sulfide) groups is 1. The number of hydrogen-bond donors (Lipinski definition) is 4. The zero-order valence-corrected chi connectivity index (χ0v) is 32.8. The summed E-state index contributed by atoms with van der Waals surface area (Å²) >= 11 is 1.04. The average molecular weight is 797 g/mol. The fourth-order valence-electron chi connectivity index (χ4n) is 6.31. The number of carboxylic acid groups (broad SMARTS) is 2. The second-order valence-corrected chi connectivity index (χ2v) is 14.7. The first-order valence-corrected chi connectivity index (χ1v) is 19.3. The zero-order chi connectivity index (χ0) is 40.9. The SMILES string of the molecule is CCc1cccc(CNC[C@H](C(N)Cc2cc(F)cc(F)c2)[C@H](Sc2nnc3nc(C)cc(C)n23)C(=O)O)c1.O=C(O)Cc1ccc(OCc2ccccc2)cc1. The van der Waals surface area contributed by atoms with Gasteiger partial charge in [-0.2, -0.15) is 0 Å². The number of nitrogens with one attached hydrogen (secondary N) is 1. The quantitative estimate of drug-likeness (QED) is 0.0703. The van der Waals surface area contributed by atoms with Crippen LogP contribution in [0.4, 0.5) is 8.78 Å². The van der Waals surface area contributed by atoms with Crippen LogP contribution in [0, 0.1) is 31.4 Å². The number of aliphatic carboxylic acids is 2. The van der Waals surface area contributed by atoms with E-state index in [4.69, 9.17) is 15.6 Å². The van der Waals surface area contributed by atoms with Crippen molar-refractivity contribution in [3.05, 3.63) is 154 Å². The highest BCUT2D eigenvalue weighted by molar-refractivity contribution is 8.00. The monoisotopic (exact) mass is 796 g/mol. The lowest BCUT2D eigenvalue weighted by Gasteiger charge is -2.29. The molecule has 57 heavy (non-hydrogen) atoms. The standard InChI is InChI=1S/C28H32F2N6O2S.C15H14O3/c1-4-18-6-5-7-19(9-18)14-32-15-23(24(31)12-20-10-21(29)13-22(30)11-20)25(26(37)38)39-28-35-34-27-33-16(2)8-17(3)36(27)28;16-15(17)10-12-6-8-14(9-7-12)18-11-13-4-2-1-3-5-13/h5-11,13,23-25,32H,4,12,14-15,31H2,1-3H3,(H,37,38);1-9H,10-11H2,(H,16,17)/t23-,24?,25+;/m1./s1. The number of fused-ring (bicyclic) bond motifs is 1. The van der Waals surface area contributed by atoms with Crippen LogP contribution in [0.15, 0.2) is 108 Å². The van der Waals surface area contributed by atoms with Crippen LogP contribution in [-0.2, 0) is 42.0 Å². The molecule has 14 heteroatoms.